The van der Waals surface area contributed by atoms with E-state index in [2.05, 4.69) is 24.3 Å². The molecular weight excluding hydrogens is 250 g/mol. The fourth-order valence-electron chi connectivity index (χ4n) is 2.88. The summed E-state index contributed by atoms with van der Waals surface area (Å²) in [5.74, 6) is 1.04. The van der Waals surface area contributed by atoms with E-state index in [1.807, 2.05) is 0 Å². The smallest absolute Gasteiger partial charge is 0.146 e. The van der Waals surface area contributed by atoms with Crippen LogP contribution < -0.4 is 10.5 Å². The highest BCUT2D eigenvalue weighted by atomic mass is 16.5. The third-order valence-electron chi connectivity index (χ3n) is 3.98. The highest BCUT2D eigenvalue weighted by Crippen LogP contribution is 2.34. The van der Waals surface area contributed by atoms with Gasteiger partial charge in [0.1, 0.15) is 17.2 Å². The summed E-state index contributed by atoms with van der Waals surface area (Å²) in [6, 6.07) is 13.7. The second-order valence-corrected chi connectivity index (χ2v) is 5.29. The quantitative estimate of drug-likeness (QED) is 0.662. The van der Waals surface area contributed by atoms with E-state index in [0.29, 0.717) is 24.0 Å². The Kier molecular flexibility index (Phi) is 3.50. The molecule has 0 radical (unpaired) electrons. The number of phenolic OH excluding ortho intramolecular Hbond substituents is 1. The summed E-state index contributed by atoms with van der Waals surface area (Å²) >= 11 is 0. The standard InChI is InChI=1S/C17H19NO2/c18-17-15(19)9-4-10-16(17)20-11-13-7-3-6-12-5-1-2-8-14(12)13/h1-2,4-5,8-10,13,19H,3,6-7,11,18H2. The molecule has 2 aromatic carbocycles. The Hall–Kier alpha value is -2.16. The molecule has 3 heteroatoms. The second-order valence-electron chi connectivity index (χ2n) is 5.29. The monoisotopic (exact) mass is 269 g/mol. The van der Waals surface area contributed by atoms with Gasteiger partial charge in [-0.2, -0.15) is 0 Å². The van der Waals surface area contributed by atoms with Gasteiger partial charge in [0.15, 0.2) is 0 Å². The number of ether oxygens (including phenoxy) is 1. The maximum Gasteiger partial charge on any atom is 0.146 e. The van der Waals surface area contributed by atoms with Gasteiger partial charge in [-0.25, -0.2) is 0 Å². The molecule has 0 bridgehead atoms. The van der Waals surface area contributed by atoms with E-state index in [1.54, 1.807) is 18.2 Å². The molecule has 1 unspecified atom stereocenters. The van der Waals surface area contributed by atoms with Crippen molar-refractivity contribution in [2.45, 2.75) is 25.2 Å². The number of phenols is 1. The number of hydrogen-bond acceptors (Lipinski definition) is 3. The Bertz CT molecular complexity index is 610. The Balaban J connectivity index is 1.75. The molecule has 0 saturated heterocycles. The Labute approximate surface area is 119 Å². The molecule has 3 N–H and O–H groups in total. The third-order valence-corrected chi connectivity index (χ3v) is 3.98. The molecule has 0 aromatic heterocycles. The average molecular weight is 269 g/mol. The van der Waals surface area contributed by atoms with Crippen LogP contribution in [0.5, 0.6) is 11.5 Å². The molecule has 0 amide bonds. The van der Waals surface area contributed by atoms with Crippen molar-refractivity contribution in [3.63, 3.8) is 0 Å². The van der Waals surface area contributed by atoms with E-state index in [0.717, 1.165) is 12.8 Å². The fraction of sp³-hybridized carbons (Fsp3) is 0.294. The lowest BCUT2D eigenvalue weighted by Gasteiger charge is -2.25. The molecule has 1 aliphatic rings. The lowest BCUT2D eigenvalue weighted by atomic mass is 9.83. The molecule has 1 atom stereocenters. The largest absolute Gasteiger partial charge is 0.506 e. The van der Waals surface area contributed by atoms with Gasteiger partial charge in [-0.15, -0.1) is 0 Å². The number of para-hydroxylation sites is 1. The lowest BCUT2D eigenvalue weighted by molar-refractivity contribution is 0.275. The highest BCUT2D eigenvalue weighted by Gasteiger charge is 2.20. The molecule has 3 rings (SSSR count). The summed E-state index contributed by atoms with van der Waals surface area (Å²) in [6.07, 6.45) is 3.48. The van der Waals surface area contributed by atoms with Gasteiger partial charge in [0.25, 0.3) is 0 Å². The zero-order chi connectivity index (χ0) is 13.9. The molecule has 20 heavy (non-hydrogen) atoms. The van der Waals surface area contributed by atoms with Crippen LogP contribution >= 0.6 is 0 Å². The van der Waals surface area contributed by atoms with E-state index < -0.39 is 0 Å². The van der Waals surface area contributed by atoms with Gasteiger partial charge in [0.2, 0.25) is 0 Å². The Morgan fingerprint density at radius 1 is 1.15 bits per heavy atom. The van der Waals surface area contributed by atoms with Crippen LogP contribution in [0.15, 0.2) is 42.5 Å². The molecular formula is C17H19NO2. The number of fused-ring (bicyclic) bond motifs is 1. The first-order chi connectivity index (χ1) is 9.75. The number of hydrogen-bond donors (Lipinski definition) is 2. The number of nitrogens with two attached hydrogens (primary N) is 1. The summed E-state index contributed by atoms with van der Waals surface area (Å²) < 4.78 is 5.83. The topological polar surface area (TPSA) is 55.5 Å². The zero-order valence-electron chi connectivity index (χ0n) is 11.4. The van der Waals surface area contributed by atoms with Crippen LogP contribution in [0.4, 0.5) is 5.69 Å². The minimum atomic E-state index is 0.0755. The van der Waals surface area contributed by atoms with E-state index in [9.17, 15) is 5.11 Å². The summed E-state index contributed by atoms with van der Waals surface area (Å²) in [5.41, 5.74) is 8.95. The molecule has 1 aliphatic carbocycles. The van der Waals surface area contributed by atoms with Gasteiger partial charge in [-0.3, -0.25) is 0 Å². The number of aryl methyl sites for hydroxylation is 1. The van der Waals surface area contributed by atoms with Crippen molar-refractivity contribution in [3.8, 4) is 11.5 Å². The number of benzene rings is 2. The fourth-order valence-corrected chi connectivity index (χ4v) is 2.88. The molecule has 2 aromatic rings. The predicted octanol–water partition coefficient (Wildman–Crippen LogP) is 3.47. The molecule has 3 nitrogen and oxygen atoms in total. The SMILES string of the molecule is Nc1c(O)cccc1OCC1CCCc2ccccc21. The summed E-state index contributed by atoms with van der Waals surface area (Å²) in [6.45, 7) is 0.602. The number of aromatic hydroxyl groups is 1. The first-order valence-electron chi connectivity index (χ1n) is 7.04. The maximum atomic E-state index is 9.59. The number of nitrogen functional groups attached to an aromatic ring is 1. The average Bonchev–Trinajstić information content (AvgIpc) is 2.49. The number of rotatable bonds is 3. The van der Waals surface area contributed by atoms with E-state index in [-0.39, 0.29) is 5.75 Å². The minimum absolute atomic E-state index is 0.0755. The van der Waals surface area contributed by atoms with Crippen molar-refractivity contribution in [1.82, 2.24) is 0 Å². The Morgan fingerprint density at radius 2 is 2.00 bits per heavy atom. The van der Waals surface area contributed by atoms with Crippen molar-refractivity contribution >= 4 is 5.69 Å². The van der Waals surface area contributed by atoms with Crippen molar-refractivity contribution in [1.29, 1.82) is 0 Å². The minimum Gasteiger partial charge on any atom is -0.506 e. The zero-order valence-corrected chi connectivity index (χ0v) is 11.4. The van der Waals surface area contributed by atoms with Crippen molar-refractivity contribution in [3.05, 3.63) is 53.6 Å². The molecule has 0 fully saturated rings. The van der Waals surface area contributed by atoms with Gasteiger partial charge >= 0.3 is 0 Å². The highest BCUT2D eigenvalue weighted by molar-refractivity contribution is 5.61. The molecule has 0 aliphatic heterocycles. The van der Waals surface area contributed by atoms with Crippen molar-refractivity contribution < 1.29 is 9.84 Å². The summed E-state index contributed by atoms with van der Waals surface area (Å²) in [4.78, 5) is 0. The van der Waals surface area contributed by atoms with Gasteiger partial charge in [0, 0.05) is 5.92 Å². The van der Waals surface area contributed by atoms with Gasteiger partial charge in [-0.05, 0) is 42.5 Å². The van der Waals surface area contributed by atoms with Crippen molar-refractivity contribution in [2.75, 3.05) is 12.3 Å². The number of anilines is 1. The summed E-state index contributed by atoms with van der Waals surface area (Å²) in [7, 11) is 0. The van der Waals surface area contributed by atoms with Crippen molar-refractivity contribution in [2.24, 2.45) is 0 Å². The van der Waals surface area contributed by atoms with Crippen LogP contribution in [-0.4, -0.2) is 11.7 Å². The van der Waals surface area contributed by atoms with Gasteiger partial charge < -0.3 is 15.6 Å². The van der Waals surface area contributed by atoms with E-state index >= 15 is 0 Å². The molecule has 104 valence electrons. The van der Waals surface area contributed by atoms with Crippen LogP contribution in [0, 0.1) is 0 Å². The molecule has 0 saturated carbocycles. The molecule has 0 spiro atoms. The van der Waals surface area contributed by atoms with Crippen LogP contribution in [0.3, 0.4) is 0 Å². The van der Waals surface area contributed by atoms with Gasteiger partial charge in [0.05, 0.1) is 6.61 Å². The normalized spacial score (nSPS) is 17.5. The lowest BCUT2D eigenvalue weighted by Crippen LogP contribution is -2.16. The second kappa shape index (κ2) is 5.45. The van der Waals surface area contributed by atoms with Crippen LogP contribution in [0.25, 0.3) is 0 Å². The first-order valence-corrected chi connectivity index (χ1v) is 7.04. The molecule has 0 heterocycles. The van der Waals surface area contributed by atoms with E-state index in [4.69, 9.17) is 10.5 Å². The van der Waals surface area contributed by atoms with Crippen LogP contribution in [0.1, 0.15) is 29.9 Å². The van der Waals surface area contributed by atoms with Gasteiger partial charge in [-0.1, -0.05) is 30.3 Å². The third kappa shape index (κ3) is 2.44. The predicted molar refractivity (Wildman–Crippen MR) is 80.1 cm³/mol. The summed E-state index contributed by atoms with van der Waals surface area (Å²) in [5, 5.41) is 9.59. The van der Waals surface area contributed by atoms with Crippen LogP contribution in [-0.2, 0) is 6.42 Å². The van der Waals surface area contributed by atoms with Crippen LogP contribution in [0.2, 0.25) is 0 Å². The Morgan fingerprint density at radius 3 is 2.90 bits per heavy atom. The van der Waals surface area contributed by atoms with E-state index in [1.165, 1.54) is 17.5 Å². The maximum absolute atomic E-state index is 9.59. The first kappa shape index (κ1) is 12.9.